The topological polar surface area (TPSA) is 89.3 Å². The van der Waals surface area contributed by atoms with Gasteiger partial charge in [0.05, 0.1) is 25.4 Å². The maximum atomic E-state index is 13.7. The van der Waals surface area contributed by atoms with Crippen LogP contribution in [0.5, 0.6) is 0 Å². The number of methoxy groups -OCH3 is 1. The number of nitrogens with zero attached hydrogens (tertiary/aromatic N) is 2. The van der Waals surface area contributed by atoms with Gasteiger partial charge in [-0.1, -0.05) is 0 Å². The second-order valence-electron chi connectivity index (χ2n) is 7.69. The summed E-state index contributed by atoms with van der Waals surface area (Å²) in [5, 5.41) is 0. The molecule has 0 unspecified atom stereocenters. The van der Waals surface area contributed by atoms with E-state index in [4.69, 9.17) is 13.9 Å². The fourth-order valence-electron chi connectivity index (χ4n) is 4.81. The zero-order chi connectivity index (χ0) is 21.0. The molecule has 0 N–H and O–H groups in total. The average Bonchev–Trinajstić information content (AvgIpc) is 3.30. The summed E-state index contributed by atoms with van der Waals surface area (Å²) in [6.45, 7) is 4.93. The van der Waals surface area contributed by atoms with E-state index in [0.717, 1.165) is 12.8 Å². The Morgan fingerprint density at radius 2 is 2.14 bits per heavy atom. The summed E-state index contributed by atoms with van der Waals surface area (Å²) in [5.41, 5.74) is -1.08. The Balaban J connectivity index is 2.07. The van der Waals surface area contributed by atoms with E-state index in [1.807, 2.05) is 0 Å². The van der Waals surface area contributed by atoms with Crippen LogP contribution in [0.15, 0.2) is 22.8 Å². The van der Waals surface area contributed by atoms with Crippen LogP contribution in [0.3, 0.4) is 0 Å². The summed E-state index contributed by atoms with van der Waals surface area (Å²) in [5.74, 6) is -0.935. The molecule has 8 nitrogen and oxygen atoms in total. The minimum Gasteiger partial charge on any atom is -0.467 e. The Morgan fingerprint density at radius 3 is 2.76 bits per heavy atom. The lowest BCUT2D eigenvalue weighted by molar-refractivity contribution is -0.153. The van der Waals surface area contributed by atoms with Crippen molar-refractivity contribution in [2.75, 3.05) is 33.4 Å². The highest BCUT2D eigenvalue weighted by Gasteiger charge is 2.61. The Labute approximate surface area is 171 Å². The van der Waals surface area contributed by atoms with Crippen molar-refractivity contribution in [3.63, 3.8) is 0 Å². The number of hydrogen-bond acceptors (Lipinski definition) is 6. The minimum absolute atomic E-state index is 0.120. The molecule has 29 heavy (non-hydrogen) atoms. The van der Waals surface area contributed by atoms with Crippen LogP contribution >= 0.6 is 0 Å². The number of furan rings is 1. The third-order valence-electron chi connectivity index (χ3n) is 5.96. The van der Waals surface area contributed by atoms with Crippen LogP contribution in [0.2, 0.25) is 0 Å². The predicted octanol–water partition coefficient (Wildman–Crippen LogP) is 2.15. The number of ether oxygens (including phenoxy) is 2. The van der Waals surface area contributed by atoms with Crippen molar-refractivity contribution in [2.45, 2.75) is 51.1 Å². The number of hydrogen-bond donors (Lipinski definition) is 0. The first kappa shape index (κ1) is 21.4. The van der Waals surface area contributed by atoms with Crippen molar-refractivity contribution in [3.05, 3.63) is 24.2 Å². The molecule has 2 aliphatic heterocycles. The van der Waals surface area contributed by atoms with E-state index in [1.165, 1.54) is 13.2 Å². The van der Waals surface area contributed by atoms with E-state index in [2.05, 4.69) is 0 Å². The van der Waals surface area contributed by atoms with E-state index >= 15 is 0 Å². The molecule has 2 saturated heterocycles. The van der Waals surface area contributed by atoms with Gasteiger partial charge in [-0.25, -0.2) is 0 Å². The third kappa shape index (κ3) is 3.90. The Kier molecular flexibility index (Phi) is 6.62. The molecule has 3 atom stereocenters. The lowest BCUT2D eigenvalue weighted by Gasteiger charge is -2.40. The Bertz CT molecular complexity index is 734. The minimum atomic E-state index is -1.08. The van der Waals surface area contributed by atoms with Gasteiger partial charge in [0.1, 0.15) is 17.3 Å². The quantitative estimate of drug-likeness (QED) is 0.673. The van der Waals surface area contributed by atoms with Crippen LogP contribution in [0.25, 0.3) is 0 Å². The van der Waals surface area contributed by atoms with Crippen molar-refractivity contribution in [1.29, 1.82) is 0 Å². The van der Waals surface area contributed by atoms with Gasteiger partial charge < -0.3 is 23.7 Å². The van der Waals surface area contributed by atoms with Gasteiger partial charge in [0.15, 0.2) is 0 Å². The molecule has 1 spiro atoms. The summed E-state index contributed by atoms with van der Waals surface area (Å²) in [7, 11) is 1.60. The van der Waals surface area contributed by atoms with E-state index in [1.54, 1.807) is 36.0 Å². The van der Waals surface area contributed by atoms with Gasteiger partial charge in [-0.05, 0) is 44.7 Å². The van der Waals surface area contributed by atoms with Crippen molar-refractivity contribution in [2.24, 2.45) is 5.92 Å². The average molecular weight is 406 g/mol. The SMILES string of the molecule is CCOC(=O)[C@H]1C[C@]2(CCCCN(CCOC)C2=O)N(C(C)=O)[C@H]1c1ccco1. The first-order valence-electron chi connectivity index (χ1n) is 10.2. The molecular weight excluding hydrogens is 376 g/mol. The molecular formula is C21H30N2O6. The van der Waals surface area contributed by atoms with Gasteiger partial charge in [-0.3, -0.25) is 14.4 Å². The number of carbonyl (C=O) groups is 3. The highest BCUT2D eigenvalue weighted by atomic mass is 16.5. The lowest BCUT2D eigenvalue weighted by Crippen LogP contribution is -2.57. The van der Waals surface area contributed by atoms with E-state index in [-0.39, 0.29) is 24.8 Å². The van der Waals surface area contributed by atoms with E-state index in [0.29, 0.717) is 31.9 Å². The van der Waals surface area contributed by atoms with Crippen LogP contribution in [-0.2, 0) is 23.9 Å². The molecule has 1 aromatic rings. The smallest absolute Gasteiger partial charge is 0.311 e. The van der Waals surface area contributed by atoms with Crippen molar-refractivity contribution in [1.82, 2.24) is 9.80 Å². The molecule has 160 valence electrons. The normalized spacial score (nSPS) is 27.3. The zero-order valence-electron chi connectivity index (χ0n) is 17.4. The molecule has 3 heterocycles. The van der Waals surface area contributed by atoms with Crippen LogP contribution < -0.4 is 0 Å². The first-order chi connectivity index (χ1) is 14.0. The van der Waals surface area contributed by atoms with Gasteiger partial charge in [-0.2, -0.15) is 0 Å². The number of amides is 2. The number of likely N-dealkylation sites (tertiary alicyclic amines) is 2. The van der Waals surface area contributed by atoms with Gasteiger partial charge in [0.2, 0.25) is 11.8 Å². The molecule has 2 aliphatic rings. The van der Waals surface area contributed by atoms with Gasteiger partial charge >= 0.3 is 5.97 Å². The molecule has 0 radical (unpaired) electrons. The summed E-state index contributed by atoms with van der Waals surface area (Å²) in [6, 6.07) is 2.81. The maximum Gasteiger partial charge on any atom is 0.311 e. The molecule has 1 aromatic heterocycles. The van der Waals surface area contributed by atoms with Crippen molar-refractivity contribution < 1.29 is 28.3 Å². The van der Waals surface area contributed by atoms with Crippen LogP contribution in [0, 0.1) is 5.92 Å². The van der Waals surface area contributed by atoms with Crippen LogP contribution in [0.4, 0.5) is 0 Å². The molecule has 2 amide bonds. The predicted molar refractivity (Wildman–Crippen MR) is 104 cm³/mol. The fourth-order valence-corrected chi connectivity index (χ4v) is 4.81. The summed E-state index contributed by atoms with van der Waals surface area (Å²) >= 11 is 0. The summed E-state index contributed by atoms with van der Waals surface area (Å²) < 4.78 is 16.1. The van der Waals surface area contributed by atoms with Crippen molar-refractivity contribution >= 4 is 17.8 Å². The standard InChI is InChI=1S/C21H30N2O6/c1-4-28-19(25)16-14-21(9-5-6-10-22(20(21)26)11-13-27-3)23(15(2)24)18(16)17-8-7-12-29-17/h7-8,12,16,18H,4-6,9-11,13-14H2,1-3H3/t16-,18+,21-/m0/s1. The lowest BCUT2D eigenvalue weighted by atomic mass is 9.85. The highest BCUT2D eigenvalue weighted by molar-refractivity contribution is 5.94. The van der Waals surface area contributed by atoms with Gasteiger partial charge in [-0.15, -0.1) is 0 Å². The largest absolute Gasteiger partial charge is 0.467 e. The molecule has 0 aromatic carbocycles. The van der Waals surface area contributed by atoms with Gasteiger partial charge in [0, 0.05) is 27.1 Å². The second-order valence-corrected chi connectivity index (χ2v) is 7.69. The molecule has 0 aliphatic carbocycles. The highest BCUT2D eigenvalue weighted by Crippen LogP contribution is 2.51. The van der Waals surface area contributed by atoms with Crippen molar-refractivity contribution in [3.8, 4) is 0 Å². The van der Waals surface area contributed by atoms with E-state index in [9.17, 15) is 14.4 Å². The molecule has 2 fully saturated rings. The second kappa shape index (κ2) is 8.98. The number of rotatable bonds is 6. The third-order valence-corrected chi connectivity index (χ3v) is 5.96. The first-order valence-corrected chi connectivity index (χ1v) is 10.2. The van der Waals surface area contributed by atoms with Crippen LogP contribution in [0.1, 0.15) is 51.3 Å². The molecule has 8 heteroatoms. The molecule has 3 rings (SSSR count). The van der Waals surface area contributed by atoms with Crippen LogP contribution in [-0.4, -0.2) is 66.5 Å². The van der Waals surface area contributed by atoms with E-state index < -0.39 is 23.5 Å². The Morgan fingerprint density at radius 1 is 1.34 bits per heavy atom. The summed E-state index contributed by atoms with van der Waals surface area (Å²) in [4.78, 5) is 42.8. The Hall–Kier alpha value is -2.35. The zero-order valence-corrected chi connectivity index (χ0v) is 17.4. The summed E-state index contributed by atoms with van der Waals surface area (Å²) in [6.07, 6.45) is 3.90. The maximum absolute atomic E-state index is 13.7. The fraction of sp³-hybridized carbons (Fsp3) is 0.667. The number of carbonyl (C=O) groups excluding carboxylic acids is 3. The molecule has 0 saturated carbocycles. The van der Waals surface area contributed by atoms with Gasteiger partial charge in [0.25, 0.3) is 0 Å². The molecule has 0 bridgehead atoms. The monoisotopic (exact) mass is 406 g/mol. The number of esters is 1.